The molecule has 1 unspecified atom stereocenters. The third-order valence-electron chi connectivity index (χ3n) is 2.77. The summed E-state index contributed by atoms with van der Waals surface area (Å²) in [6.45, 7) is 7.66. The zero-order valence-corrected chi connectivity index (χ0v) is 13.1. The standard InChI is InChI=1S/C10H28N4Si/c1-8(2)7-13-10(11-4,12-5)6-9(3)14-15/h8-9,11-14H,6-7H2,1-5,15H3. The van der Waals surface area contributed by atoms with E-state index in [1.54, 1.807) is 0 Å². The Kier molecular flexibility index (Phi) is 7.38. The summed E-state index contributed by atoms with van der Waals surface area (Å²) in [5, 5.41) is 10.2. The molecule has 1 atom stereocenters. The average Bonchev–Trinajstić information content (AvgIpc) is 2.24. The van der Waals surface area contributed by atoms with E-state index in [1.807, 2.05) is 14.1 Å². The molecule has 92 valence electrons. The number of hydrogen-bond acceptors (Lipinski definition) is 4. The van der Waals surface area contributed by atoms with Crippen molar-refractivity contribution in [2.45, 2.75) is 39.0 Å². The molecule has 0 aliphatic carbocycles. The van der Waals surface area contributed by atoms with Gasteiger partial charge in [-0.25, -0.2) is 0 Å². The molecule has 4 nitrogen and oxygen atoms in total. The second-order valence-corrected chi connectivity index (χ2v) is 5.15. The molecular weight excluding hydrogens is 204 g/mol. The molecule has 0 radical (unpaired) electrons. The maximum absolute atomic E-state index is 3.55. The molecule has 0 amide bonds. The van der Waals surface area contributed by atoms with Gasteiger partial charge in [-0.05, 0) is 20.0 Å². The number of hydrogen-bond donors (Lipinski definition) is 4. The van der Waals surface area contributed by atoms with Crippen molar-refractivity contribution in [3.05, 3.63) is 0 Å². The molecule has 0 aromatic heterocycles. The maximum Gasteiger partial charge on any atom is 0.124 e. The van der Waals surface area contributed by atoms with Crippen LogP contribution in [0.1, 0.15) is 27.2 Å². The third-order valence-corrected chi connectivity index (χ3v) is 3.76. The van der Waals surface area contributed by atoms with E-state index in [-0.39, 0.29) is 5.79 Å². The number of rotatable bonds is 8. The fraction of sp³-hybridized carbons (Fsp3) is 1.00. The van der Waals surface area contributed by atoms with Crippen LogP contribution in [0.5, 0.6) is 0 Å². The minimum Gasteiger partial charge on any atom is -0.343 e. The van der Waals surface area contributed by atoms with Crippen LogP contribution in [-0.4, -0.2) is 42.9 Å². The van der Waals surface area contributed by atoms with E-state index < -0.39 is 0 Å². The molecule has 0 aliphatic heterocycles. The third kappa shape index (κ3) is 5.63. The van der Waals surface area contributed by atoms with Crippen molar-refractivity contribution in [2.75, 3.05) is 20.6 Å². The van der Waals surface area contributed by atoms with Gasteiger partial charge in [0.05, 0.1) is 10.4 Å². The van der Waals surface area contributed by atoms with Crippen LogP contribution in [-0.2, 0) is 0 Å². The number of nitrogens with one attached hydrogen (secondary N) is 4. The van der Waals surface area contributed by atoms with Crippen molar-refractivity contribution < 1.29 is 0 Å². The minimum atomic E-state index is -0.152. The average molecular weight is 232 g/mol. The highest BCUT2D eigenvalue weighted by Crippen LogP contribution is 2.06. The van der Waals surface area contributed by atoms with Crippen molar-refractivity contribution in [3.8, 4) is 0 Å². The molecule has 5 heteroatoms. The summed E-state index contributed by atoms with van der Waals surface area (Å²) < 4.78 is 0. The summed E-state index contributed by atoms with van der Waals surface area (Å²) in [6.07, 6.45) is 1.02. The van der Waals surface area contributed by atoms with Crippen LogP contribution >= 0.6 is 0 Å². The maximum atomic E-state index is 3.55. The van der Waals surface area contributed by atoms with Gasteiger partial charge in [0.2, 0.25) is 0 Å². The summed E-state index contributed by atoms with van der Waals surface area (Å²) in [4.78, 5) is 3.40. The Morgan fingerprint density at radius 1 is 1.13 bits per heavy atom. The van der Waals surface area contributed by atoms with Gasteiger partial charge in [-0.15, -0.1) is 0 Å². The first-order valence-electron chi connectivity index (χ1n) is 5.79. The fourth-order valence-corrected chi connectivity index (χ4v) is 1.72. The molecule has 0 saturated carbocycles. The van der Waals surface area contributed by atoms with Crippen molar-refractivity contribution in [1.82, 2.24) is 20.9 Å². The van der Waals surface area contributed by atoms with Gasteiger partial charge in [-0.3, -0.25) is 16.0 Å². The molecule has 0 rings (SSSR count). The topological polar surface area (TPSA) is 48.1 Å². The highest BCUT2D eigenvalue weighted by molar-refractivity contribution is 6.04. The first-order valence-corrected chi connectivity index (χ1v) is 6.79. The van der Waals surface area contributed by atoms with Crippen LogP contribution in [0.15, 0.2) is 0 Å². The Balaban J connectivity index is 4.29. The second kappa shape index (κ2) is 7.35. The minimum absolute atomic E-state index is 0.152. The van der Waals surface area contributed by atoms with E-state index >= 15 is 0 Å². The lowest BCUT2D eigenvalue weighted by molar-refractivity contribution is 0.189. The summed E-state index contributed by atoms with van der Waals surface area (Å²) in [5.74, 6) is 0.506. The highest BCUT2D eigenvalue weighted by Gasteiger charge is 2.27. The SMILES string of the molecule is CNC(CC(C)N[SiH3])(NC)NCC(C)C. The van der Waals surface area contributed by atoms with Crippen LogP contribution in [0.4, 0.5) is 0 Å². The monoisotopic (exact) mass is 232 g/mol. The van der Waals surface area contributed by atoms with E-state index in [0.717, 1.165) is 23.4 Å². The van der Waals surface area contributed by atoms with Gasteiger partial charge in [0, 0.05) is 19.0 Å². The van der Waals surface area contributed by atoms with Crippen LogP contribution in [0.3, 0.4) is 0 Å². The molecule has 0 heterocycles. The van der Waals surface area contributed by atoms with E-state index in [2.05, 4.69) is 41.7 Å². The molecule has 15 heavy (non-hydrogen) atoms. The summed E-state index contributed by atoms with van der Waals surface area (Å²) >= 11 is 0. The van der Waals surface area contributed by atoms with Crippen molar-refractivity contribution in [1.29, 1.82) is 0 Å². The lowest BCUT2D eigenvalue weighted by Gasteiger charge is -2.37. The summed E-state index contributed by atoms with van der Waals surface area (Å²) in [5.41, 5.74) is 0. The molecule has 0 spiro atoms. The second-order valence-electron chi connectivity index (χ2n) is 4.57. The molecule has 0 saturated heterocycles. The molecular formula is C10H28N4Si. The Labute approximate surface area is 97.5 Å². The Hall–Kier alpha value is 0.0569. The van der Waals surface area contributed by atoms with Gasteiger partial charge in [-0.2, -0.15) is 0 Å². The van der Waals surface area contributed by atoms with Crippen LogP contribution in [0.2, 0.25) is 0 Å². The smallest absolute Gasteiger partial charge is 0.124 e. The quantitative estimate of drug-likeness (QED) is 0.319. The highest BCUT2D eigenvalue weighted by atomic mass is 28.2. The summed E-state index contributed by atoms with van der Waals surface area (Å²) in [7, 11) is 5.02. The molecule has 4 N–H and O–H groups in total. The zero-order chi connectivity index (χ0) is 11.9. The first-order chi connectivity index (χ1) is 6.99. The van der Waals surface area contributed by atoms with Gasteiger partial charge < -0.3 is 4.98 Å². The molecule has 0 aromatic carbocycles. The van der Waals surface area contributed by atoms with Crippen molar-refractivity contribution in [3.63, 3.8) is 0 Å². The predicted octanol–water partition coefficient (Wildman–Crippen LogP) is -1.03. The van der Waals surface area contributed by atoms with Crippen LogP contribution in [0, 0.1) is 5.92 Å². The molecule has 0 fully saturated rings. The van der Waals surface area contributed by atoms with Gasteiger partial charge in [0.25, 0.3) is 0 Å². The van der Waals surface area contributed by atoms with Gasteiger partial charge in [-0.1, -0.05) is 20.8 Å². The van der Waals surface area contributed by atoms with Crippen LogP contribution in [0.25, 0.3) is 0 Å². The lowest BCUT2D eigenvalue weighted by atomic mass is 10.1. The van der Waals surface area contributed by atoms with E-state index in [4.69, 9.17) is 0 Å². The fourth-order valence-electron chi connectivity index (χ4n) is 1.52. The first kappa shape index (κ1) is 15.1. The largest absolute Gasteiger partial charge is 0.343 e. The molecule has 0 aliphatic rings. The molecule has 0 bridgehead atoms. The van der Waals surface area contributed by atoms with Gasteiger partial charge >= 0.3 is 0 Å². The Bertz CT molecular complexity index is 160. The van der Waals surface area contributed by atoms with E-state index in [0.29, 0.717) is 12.0 Å². The van der Waals surface area contributed by atoms with Crippen molar-refractivity contribution >= 4 is 10.4 Å². The Morgan fingerprint density at radius 2 is 1.67 bits per heavy atom. The zero-order valence-electron chi connectivity index (χ0n) is 11.1. The summed E-state index contributed by atoms with van der Waals surface area (Å²) in [6, 6.07) is 0.524. The van der Waals surface area contributed by atoms with E-state index in [9.17, 15) is 0 Å². The normalized spacial score (nSPS) is 14.8. The molecule has 0 aromatic rings. The van der Waals surface area contributed by atoms with E-state index in [1.165, 1.54) is 0 Å². The van der Waals surface area contributed by atoms with Crippen LogP contribution < -0.4 is 20.9 Å². The predicted molar refractivity (Wildman–Crippen MR) is 70.8 cm³/mol. The van der Waals surface area contributed by atoms with Gasteiger partial charge in [0.15, 0.2) is 0 Å². The van der Waals surface area contributed by atoms with Crippen molar-refractivity contribution in [2.24, 2.45) is 5.92 Å². The lowest BCUT2D eigenvalue weighted by Crippen LogP contribution is -2.66. The van der Waals surface area contributed by atoms with Gasteiger partial charge in [0.1, 0.15) is 5.79 Å². The Morgan fingerprint density at radius 3 is 2.00 bits per heavy atom.